The molecule has 0 atom stereocenters. The topological polar surface area (TPSA) is 66.3 Å². The van der Waals surface area contributed by atoms with E-state index < -0.39 is 11.6 Å². The maximum atomic E-state index is 11.2. The van der Waals surface area contributed by atoms with E-state index >= 15 is 0 Å². The number of carboxylic acid groups (broad SMARTS) is 1. The highest BCUT2D eigenvalue weighted by Crippen LogP contribution is 2.28. The molecule has 0 aliphatic rings. The number of nitrogens with zero attached hydrogens (tertiary/aromatic N) is 3. The lowest BCUT2D eigenvalue weighted by Crippen LogP contribution is -2.46. The van der Waals surface area contributed by atoms with E-state index in [0.717, 1.165) is 4.90 Å². The quantitative estimate of drug-likeness (QED) is 0.865. The van der Waals surface area contributed by atoms with Gasteiger partial charge in [-0.15, -0.1) is 0 Å². The van der Waals surface area contributed by atoms with Gasteiger partial charge in [0, 0.05) is 5.54 Å². The molecule has 88 valence electrons. The number of halogens is 2. The standard InChI is InChI=1S/C9H11BrClN3O2/c1-9(2,3)14(8(15)16)7-6(11)12-4-5(10)13-7/h4H,1-3H3,(H,15,16). The summed E-state index contributed by atoms with van der Waals surface area (Å²) in [6.45, 7) is 5.25. The molecule has 0 bridgehead atoms. The molecule has 5 nitrogen and oxygen atoms in total. The highest BCUT2D eigenvalue weighted by atomic mass is 79.9. The van der Waals surface area contributed by atoms with Crippen molar-refractivity contribution in [3.8, 4) is 0 Å². The van der Waals surface area contributed by atoms with E-state index in [1.165, 1.54) is 6.20 Å². The minimum Gasteiger partial charge on any atom is -0.465 e. The van der Waals surface area contributed by atoms with Crippen molar-refractivity contribution in [1.82, 2.24) is 9.97 Å². The van der Waals surface area contributed by atoms with Gasteiger partial charge in [0.15, 0.2) is 11.0 Å². The van der Waals surface area contributed by atoms with Crippen LogP contribution in [-0.2, 0) is 0 Å². The first kappa shape index (κ1) is 13.2. The van der Waals surface area contributed by atoms with E-state index in [9.17, 15) is 4.79 Å². The number of rotatable bonds is 1. The van der Waals surface area contributed by atoms with Crippen LogP contribution in [0.2, 0.25) is 5.15 Å². The van der Waals surface area contributed by atoms with E-state index in [-0.39, 0.29) is 11.0 Å². The Balaban J connectivity index is 3.32. The number of hydrogen-bond acceptors (Lipinski definition) is 3. The molecule has 1 amide bonds. The summed E-state index contributed by atoms with van der Waals surface area (Å²) < 4.78 is 0.433. The summed E-state index contributed by atoms with van der Waals surface area (Å²) >= 11 is 8.97. The molecular formula is C9H11BrClN3O2. The van der Waals surface area contributed by atoms with Crippen LogP contribution in [-0.4, -0.2) is 26.7 Å². The van der Waals surface area contributed by atoms with Crippen LogP contribution in [0.5, 0.6) is 0 Å². The van der Waals surface area contributed by atoms with Gasteiger partial charge in [-0.2, -0.15) is 0 Å². The smallest absolute Gasteiger partial charge is 0.413 e. The summed E-state index contributed by atoms with van der Waals surface area (Å²) in [7, 11) is 0. The van der Waals surface area contributed by atoms with Crippen molar-refractivity contribution in [3.05, 3.63) is 16.0 Å². The Kier molecular flexibility index (Phi) is 3.75. The molecule has 16 heavy (non-hydrogen) atoms. The van der Waals surface area contributed by atoms with Crippen molar-refractivity contribution < 1.29 is 9.90 Å². The molecule has 0 aliphatic carbocycles. The molecule has 0 spiro atoms. The zero-order valence-electron chi connectivity index (χ0n) is 9.03. The summed E-state index contributed by atoms with van der Waals surface area (Å²) in [6.07, 6.45) is 0.288. The van der Waals surface area contributed by atoms with Gasteiger partial charge in [-0.25, -0.2) is 14.8 Å². The fourth-order valence-electron chi connectivity index (χ4n) is 1.18. The van der Waals surface area contributed by atoms with Gasteiger partial charge in [0.25, 0.3) is 0 Å². The Labute approximate surface area is 107 Å². The van der Waals surface area contributed by atoms with Crippen LogP contribution in [0.4, 0.5) is 10.6 Å². The lowest BCUT2D eigenvalue weighted by atomic mass is 10.1. The van der Waals surface area contributed by atoms with Crippen LogP contribution in [0.15, 0.2) is 10.8 Å². The van der Waals surface area contributed by atoms with Gasteiger partial charge in [-0.1, -0.05) is 11.6 Å². The third kappa shape index (κ3) is 2.82. The van der Waals surface area contributed by atoms with Crippen molar-refractivity contribution in [2.75, 3.05) is 4.90 Å². The van der Waals surface area contributed by atoms with Crippen molar-refractivity contribution in [2.45, 2.75) is 26.3 Å². The molecule has 0 unspecified atom stereocenters. The molecule has 0 fully saturated rings. The predicted octanol–water partition coefficient (Wildman–Crippen LogP) is 3.18. The molecule has 1 aromatic rings. The van der Waals surface area contributed by atoms with Crippen LogP contribution in [0.25, 0.3) is 0 Å². The lowest BCUT2D eigenvalue weighted by molar-refractivity contribution is 0.195. The second kappa shape index (κ2) is 4.55. The van der Waals surface area contributed by atoms with Gasteiger partial charge in [0.1, 0.15) is 4.60 Å². The highest BCUT2D eigenvalue weighted by Gasteiger charge is 2.31. The number of hydrogen-bond donors (Lipinski definition) is 1. The SMILES string of the molecule is CC(C)(C)N(C(=O)O)c1nc(Br)cnc1Cl. The van der Waals surface area contributed by atoms with Gasteiger partial charge in [-0.05, 0) is 36.7 Å². The van der Waals surface area contributed by atoms with E-state index in [1.54, 1.807) is 20.8 Å². The number of carbonyl (C=O) groups is 1. The number of aromatic nitrogens is 2. The molecular weight excluding hydrogens is 297 g/mol. The second-order valence-electron chi connectivity index (χ2n) is 4.10. The Morgan fingerprint density at radius 2 is 2.12 bits per heavy atom. The normalized spacial score (nSPS) is 11.3. The van der Waals surface area contributed by atoms with Crippen molar-refractivity contribution in [2.24, 2.45) is 0 Å². The fourth-order valence-corrected chi connectivity index (χ4v) is 1.63. The molecule has 1 rings (SSSR count). The van der Waals surface area contributed by atoms with Crippen molar-refractivity contribution in [1.29, 1.82) is 0 Å². The van der Waals surface area contributed by atoms with Crippen LogP contribution in [0, 0.1) is 0 Å². The average molecular weight is 309 g/mol. The van der Waals surface area contributed by atoms with Gasteiger partial charge < -0.3 is 5.11 Å². The van der Waals surface area contributed by atoms with Gasteiger partial charge in [0.05, 0.1) is 6.20 Å². The first-order chi connectivity index (χ1) is 7.23. The van der Waals surface area contributed by atoms with E-state index in [4.69, 9.17) is 16.7 Å². The zero-order chi connectivity index (χ0) is 12.5. The number of amides is 1. The lowest BCUT2D eigenvalue weighted by Gasteiger charge is -2.32. The zero-order valence-corrected chi connectivity index (χ0v) is 11.4. The van der Waals surface area contributed by atoms with Gasteiger partial charge in [0.2, 0.25) is 0 Å². The molecule has 0 aromatic carbocycles. The van der Waals surface area contributed by atoms with Crippen molar-refractivity contribution in [3.63, 3.8) is 0 Å². The third-order valence-electron chi connectivity index (χ3n) is 1.76. The van der Waals surface area contributed by atoms with Crippen LogP contribution in [0.1, 0.15) is 20.8 Å². The summed E-state index contributed by atoms with van der Waals surface area (Å²) in [6, 6.07) is 0. The van der Waals surface area contributed by atoms with E-state index in [0.29, 0.717) is 4.60 Å². The summed E-state index contributed by atoms with van der Waals surface area (Å²) in [5.74, 6) is 0.121. The fraction of sp³-hybridized carbons (Fsp3) is 0.444. The Hall–Kier alpha value is -0.880. The Morgan fingerprint density at radius 3 is 2.56 bits per heavy atom. The van der Waals surface area contributed by atoms with E-state index in [1.807, 2.05) is 0 Å². The van der Waals surface area contributed by atoms with Gasteiger partial charge in [-0.3, -0.25) is 4.90 Å². The molecule has 0 saturated heterocycles. The third-order valence-corrected chi connectivity index (χ3v) is 2.40. The van der Waals surface area contributed by atoms with Crippen molar-refractivity contribution >= 4 is 39.4 Å². The minimum atomic E-state index is -1.12. The Morgan fingerprint density at radius 1 is 1.56 bits per heavy atom. The van der Waals surface area contributed by atoms with E-state index in [2.05, 4.69) is 25.9 Å². The molecule has 1 heterocycles. The summed E-state index contributed by atoms with van der Waals surface area (Å²) in [5, 5.41) is 9.22. The second-order valence-corrected chi connectivity index (χ2v) is 5.27. The molecule has 0 aliphatic heterocycles. The van der Waals surface area contributed by atoms with Crippen LogP contribution < -0.4 is 4.90 Å². The Bertz CT molecular complexity index is 420. The summed E-state index contributed by atoms with van der Waals surface area (Å²) in [4.78, 5) is 20.1. The minimum absolute atomic E-state index is 0.0560. The maximum Gasteiger partial charge on any atom is 0.413 e. The average Bonchev–Trinajstić information content (AvgIpc) is 2.08. The molecule has 0 radical (unpaired) electrons. The highest BCUT2D eigenvalue weighted by molar-refractivity contribution is 9.10. The van der Waals surface area contributed by atoms with Crippen LogP contribution >= 0.6 is 27.5 Å². The molecule has 1 aromatic heterocycles. The first-order valence-corrected chi connectivity index (χ1v) is 5.62. The molecule has 1 N–H and O–H groups in total. The maximum absolute atomic E-state index is 11.2. The molecule has 0 saturated carbocycles. The summed E-state index contributed by atoms with van der Waals surface area (Å²) in [5.41, 5.74) is -0.648. The van der Waals surface area contributed by atoms with Crippen LogP contribution in [0.3, 0.4) is 0 Å². The predicted molar refractivity (Wildman–Crippen MR) is 65.0 cm³/mol. The molecule has 7 heteroatoms. The first-order valence-electron chi connectivity index (χ1n) is 4.44. The largest absolute Gasteiger partial charge is 0.465 e. The van der Waals surface area contributed by atoms with Gasteiger partial charge >= 0.3 is 6.09 Å². The number of anilines is 1. The monoisotopic (exact) mass is 307 g/mol.